The van der Waals surface area contributed by atoms with E-state index in [0.717, 1.165) is 17.7 Å². The number of methoxy groups -OCH3 is 1. The van der Waals surface area contributed by atoms with Gasteiger partial charge in [0, 0.05) is 11.8 Å². The SMILES string of the molecule is COc1cncc(C(O)CCSC)c1. The summed E-state index contributed by atoms with van der Waals surface area (Å²) >= 11 is 1.72. The molecule has 1 unspecified atom stereocenters. The van der Waals surface area contributed by atoms with Crippen molar-refractivity contribution in [3.05, 3.63) is 24.0 Å². The van der Waals surface area contributed by atoms with Gasteiger partial charge < -0.3 is 9.84 Å². The van der Waals surface area contributed by atoms with Gasteiger partial charge in [-0.05, 0) is 24.5 Å². The third-order valence-corrected chi connectivity index (χ3v) is 2.59. The maximum absolute atomic E-state index is 9.76. The van der Waals surface area contributed by atoms with E-state index in [4.69, 9.17) is 4.74 Å². The Bertz CT molecular complexity index is 281. The minimum absolute atomic E-state index is 0.440. The summed E-state index contributed by atoms with van der Waals surface area (Å²) in [7, 11) is 1.59. The average Bonchev–Trinajstić information content (AvgIpc) is 2.26. The molecule has 0 saturated heterocycles. The predicted octanol–water partition coefficient (Wildman–Crippen LogP) is 1.88. The molecule has 0 bridgehead atoms. The van der Waals surface area contributed by atoms with Crippen LogP contribution < -0.4 is 4.74 Å². The maximum atomic E-state index is 9.76. The first-order valence-corrected chi connectivity index (χ1v) is 5.83. The molecule has 0 aromatic carbocycles. The van der Waals surface area contributed by atoms with E-state index in [-0.39, 0.29) is 0 Å². The fourth-order valence-corrected chi connectivity index (χ4v) is 1.58. The average molecular weight is 213 g/mol. The molecule has 1 atom stereocenters. The second kappa shape index (κ2) is 5.88. The summed E-state index contributed by atoms with van der Waals surface area (Å²) in [6, 6.07) is 1.82. The predicted molar refractivity (Wildman–Crippen MR) is 58.7 cm³/mol. The monoisotopic (exact) mass is 213 g/mol. The Labute approximate surface area is 88.5 Å². The standard InChI is InChI=1S/C10H15NO2S/c1-13-9-5-8(6-11-7-9)10(12)3-4-14-2/h5-7,10,12H,3-4H2,1-2H3. The molecule has 3 nitrogen and oxygen atoms in total. The highest BCUT2D eigenvalue weighted by Crippen LogP contribution is 2.20. The Hall–Kier alpha value is -0.740. The highest BCUT2D eigenvalue weighted by molar-refractivity contribution is 7.98. The van der Waals surface area contributed by atoms with Gasteiger partial charge in [-0.2, -0.15) is 11.8 Å². The van der Waals surface area contributed by atoms with Gasteiger partial charge in [0.25, 0.3) is 0 Å². The quantitative estimate of drug-likeness (QED) is 0.811. The topological polar surface area (TPSA) is 42.4 Å². The lowest BCUT2D eigenvalue weighted by molar-refractivity contribution is 0.174. The van der Waals surface area contributed by atoms with Crippen molar-refractivity contribution in [3.63, 3.8) is 0 Å². The molecule has 0 radical (unpaired) electrons. The number of pyridine rings is 1. The minimum Gasteiger partial charge on any atom is -0.495 e. The lowest BCUT2D eigenvalue weighted by atomic mass is 10.1. The van der Waals surface area contributed by atoms with Crippen molar-refractivity contribution in [2.45, 2.75) is 12.5 Å². The van der Waals surface area contributed by atoms with Crippen molar-refractivity contribution in [1.82, 2.24) is 4.98 Å². The number of thioether (sulfide) groups is 1. The Morgan fingerprint density at radius 2 is 2.36 bits per heavy atom. The lowest BCUT2D eigenvalue weighted by Gasteiger charge is -2.10. The van der Waals surface area contributed by atoms with Gasteiger partial charge in [0.2, 0.25) is 0 Å². The Morgan fingerprint density at radius 3 is 3.00 bits per heavy atom. The van der Waals surface area contributed by atoms with E-state index < -0.39 is 6.10 Å². The molecule has 1 heterocycles. The number of ether oxygens (including phenoxy) is 1. The Balaban J connectivity index is 2.64. The molecule has 14 heavy (non-hydrogen) atoms. The van der Waals surface area contributed by atoms with E-state index in [1.54, 1.807) is 31.3 Å². The summed E-state index contributed by atoms with van der Waals surface area (Å²) in [5, 5.41) is 9.76. The van der Waals surface area contributed by atoms with Crippen LogP contribution in [0.5, 0.6) is 5.75 Å². The normalized spacial score (nSPS) is 12.5. The molecule has 0 aliphatic carbocycles. The Morgan fingerprint density at radius 1 is 1.57 bits per heavy atom. The second-order valence-corrected chi connectivity index (χ2v) is 3.94. The fourth-order valence-electron chi connectivity index (χ4n) is 1.13. The number of aromatic nitrogens is 1. The second-order valence-electron chi connectivity index (χ2n) is 2.96. The molecular weight excluding hydrogens is 198 g/mol. The molecule has 1 aromatic heterocycles. The highest BCUT2D eigenvalue weighted by atomic mass is 32.2. The van der Waals surface area contributed by atoms with Crippen LogP contribution in [0.3, 0.4) is 0 Å². The van der Waals surface area contributed by atoms with Crippen LogP contribution in [0, 0.1) is 0 Å². The number of aliphatic hydroxyl groups excluding tert-OH is 1. The van der Waals surface area contributed by atoms with Crippen LogP contribution in [0.2, 0.25) is 0 Å². The number of nitrogens with zero attached hydrogens (tertiary/aromatic N) is 1. The van der Waals surface area contributed by atoms with Crippen LogP contribution in [-0.2, 0) is 0 Å². The highest BCUT2D eigenvalue weighted by Gasteiger charge is 2.07. The summed E-state index contributed by atoms with van der Waals surface area (Å²) in [5.74, 6) is 1.63. The third-order valence-electron chi connectivity index (χ3n) is 1.95. The summed E-state index contributed by atoms with van der Waals surface area (Å²) in [4.78, 5) is 3.99. The van der Waals surface area contributed by atoms with E-state index in [9.17, 15) is 5.11 Å². The first-order chi connectivity index (χ1) is 6.77. The third kappa shape index (κ3) is 3.20. The first kappa shape index (κ1) is 11.3. The van der Waals surface area contributed by atoms with Gasteiger partial charge in [-0.15, -0.1) is 0 Å². The van der Waals surface area contributed by atoms with Crippen LogP contribution in [0.15, 0.2) is 18.5 Å². The van der Waals surface area contributed by atoms with Crippen molar-refractivity contribution < 1.29 is 9.84 Å². The summed E-state index contributed by atoms with van der Waals surface area (Å²) < 4.78 is 5.03. The van der Waals surface area contributed by atoms with Crippen molar-refractivity contribution in [1.29, 1.82) is 0 Å². The number of rotatable bonds is 5. The van der Waals surface area contributed by atoms with Crippen molar-refractivity contribution in [2.24, 2.45) is 0 Å². The van der Waals surface area contributed by atoms with Crippen LogP contribution >= 0.6 is 11.8 Å². The molecule has 0 spiro atoms. The van der Waals surface area contributed by atoms with E-state index in [1.807, 2.05) is 12.3 Å². The minimum atomic E-state index is -0.440. The molecule has 0 saturated carbocycles. The van der Waals surface area contributed by atoms with Gasteiger partial charge in [0.15, 0.2) is 0 Å². The van der Waals surface area contributed by atoms with Gasteiger partial charge in [-0.3, -0.25) is 4.98 Å². The van der Waals surface area contributed by atoms with Crippen molar-refractivity contribution in [2.75, 3.05) is 19.1 Å². The molecule has 0 fully saturated rings. The van der Waals surface area contributed by atoms with E-state index >= 15 is 0 Å². The summed E-state index contributed by atoms with van der Waals surface area (Å²) in [5.41, 5.74) is 0.818. The molecule has 4 heteroatoms. The number of hydrogen-bond donors (Lipinski definition) is 1. The first-order valence-electron chi connectivity index (χ1n) is 4.44. The van der Waals surface area contributed by atoms with E-state index in [2.05, 4.69) is 4.98 Å². The van der Waals surface area contributed by atoms with E-state index in [1.165, 1.54) is 0 Å². The molecule has 0 amide bonds. The summed E-state index contributed by atoms with van der Waals surface area (Å²) in [6.07, 6.45) is 5.63. The molecule has 78 valence electrons. The van der Waals surface area contributed by atoms with Gasteiger partial charge in [-0.25, -0.2) is 0 Å². The zero-order valence-corrected chi connectivity index (χ0v) is 9.25. The molecule has 0 aliphatic heterocycles. The maximum Gasteiger partial charge on any atom is 0.137 e. The van der Waals surface area contributed by atoms with Crippen LogP contribution in [0.25, 0.3) is 0 Å². The van der Waals surface area contributed by atoms with Crippen LogP contribution in [0.1, 0.15) is 18.1 Å². The molecule has 0 aliphatic rings. The number of hydrogen-bond acceptors (Lipinski definition) is 4. The molecular formula is C10H15NO2S. The number of aliphatic hydroxyl groups is 1. The molecule has 1 N–H and O–H groups in total. The lowest BCUT2D eigenvalue weighted by Crippen LogP contribution is -2.00. The van der Waals surface area contributed by atoms with Gasteiger partial charge in [-0.1, -0.05) is 0 Å². The largest absolute Gasteiger partial charge is 0.495 e. The molecule has 1 rings (SSSR count). The van der Waals surface area contributed by atoms with Crippen molar-refractivity contribution in [3.8, 4) is 5.75 Å². The zero-order valence-electron chi connectivity index (χ0n) is 8.43. The van der Waals surface area contributed by atoms with Gasteiger partial charge >= 0.3 is 0 Å². The van der Waals surface area contributed by atoms with Gasteiger partial charge in [0.05, 0.1) is 19.4 Å². The van der Waals surface area contributed by atoms with Crippen LogP contribution in [-0.4, -0.2) is 29.2 Å². The Kier molecular flexibility index (Phi) is 4.76. The smallest absolute Gasteiger partial charge is 0.137 e. The van der Waals surface area contributed by atoms with Crippen molar-refractivity contribution >= 4 is 11.8 Å². The summed E-state index contributed by atoms with van der Waals surface area (Å²) in [6.45, 7) is 0. The zero-order chi connectivity index (χ0) is 10.4. The van der Waals surface area contributed by atoms with Gasteiger partial charge in [0.1, 0.15) is 5.75 Å². The molecule has 1 aromatic rings. The fraction of sp³-hybridized carbons (Fsp3) is 0.500. The van der Waals surface area contributed by atoms with Crippen LogP contribution in [0.4, 0.5) is 0 Å². The van der Waals surface area contributed by atoms with E-state index in [0.29, 0.717) is 5.75 Å².